The predicted molar refractivity (Wildman–Crippen MR) is 113 cm³/mol. The Kier molecular flexibility index (Phi) is 10.9. The zero-order valence-corrected chi connectivity index (χ0v) is 18.6. The number of carbonyl (C=O) groups is 1. The van der Waals surface area contributed by atoms with Gasteiger partial charge in [0.05, 0.1) is 0 Å². The fourth-order valence-electron chi connectivity index (χ4n) is 2.94. The highest BCUT2D eigenvalue weighted by atomic mass is 127. The Bertz CT molecular complexity index is 404. The first-order valence-corrected chi connectivity index (χ1v) is 9.01. The van der Waals surface area contributed by atoms with Crippen molar-refractivity contribution in [2.45, 2.75) is 65.8 Å². The molecule has 0 aromatic heterocycles. The number of carbonyl (C=O) groups excluding carboxylic acids is 1. The summed E-state index contributed by atoms with van der Waals surface area (Å²) in [5.74, 6) is 1.55. The molecule has 24 heavy (non-hydrogen) atoms. The number of rotatable bonds is 7. The lowest BCUT2D eigenvalue weighted by Gasteiger charge is -2.32. The van der Waals surface area contributed by atoms with Crippen molar-refractivity contribution in [3.05, 3.63) is 0 Å². The summed E-state index contributed by atoms with van der Waals surface area (Å²) >= 11 is 0. The summed E-state index contributed by atoms with van der Waals surface area (Å²) in [6.07, 6.45) is 6.40. The van der Waals surface area contributed by atoms with Crippen molar-refractivity contribution in [1.82, 2.24) is 15.5 Å². The lowest BCUT2D eigenvalue weighted by molar-refractivity contribution is -0.127. The van der Waals surface area contributed by atoms with Gasteiger partial charge in [-0.05, 0) is 37.5 Å². The van der Waals surface area contributed by atoms with E-state index in [2.05, 4.69) is 43.3 Å². The maximum absolute atomic E-state index is 11.8. The average Bonchev–Trinajstić information content (AvgIpc) is 3.04. The summed E-state index contributed by atoms with van der Waals surface area (Å²) in [4.78, 5) is 17.8. The van der Waals surface area contributed by atoms with Gasteiger partial charge in [-0.3, -0.25) is 4.79 Å². The zero-order valence-electron chi connectivity index (χ0n) is 16.3. The van der Waals surface area contributed by atoms with Crippen LogP contribution in [0.1, 0.15) is 59.8 Å². The molecule has 0 heterocycles. The fraction of sp³-hybridized carbons (Fsp3) is 0.889. The Labute approximate surface area is 165 Å². The second kappa shape index (κ2) is 11.2. The van der Waals surface area contributed by atoms with Crippen LogP contribution < -0.4 is 10.6 Å². The van der Waals surface area contributed by atoms with Gasteiger partial charge in [0.15, 0.2) is 5.96 Å². The zero-order chi connectivity index (χ0) is 17.5. The highest BCUT2D eigenvalue weighted by Gasteiger charge is 2.31. The van der Waals surface area contributed by atoms with Crippen molar-refractivity contribution < 1.29 is 4.79 Å². The van der Waals surface area contributed by atoms with Crippen LogP contribution in [0.15, 0.2) is 4.99 Å². The normalized spacial score (nSPS) is 17.2. The Hall–Kier alpha value is -0.530. The Morgan fingerprint density at radius 3 is 2.38 bits per heavy atom. The van der Waals surface area contributed by atoms with E-state index in [1.54, 1.807) is 19.0 Å². The van der Waals surface area contributed by atoms with E-state index in [1.807, 2.05) is 0 Å². The first-order chi connectivity index (χ1) is 10.8. The number of likely N-dealkylation sites (N-methyl/N-ethyl adjacent to an activating group) is 1. The van der Waals surface area contributed by atoms with E-state index in [0.29, 0.717) is 6.04 Å². The van der Waals surface area contributed by atoms with Gasteiger partial charge in [-0.15, -0.1) is 24.0 Å². The molecule has 0 aromatic carbocycles. The lowest BCUT2D eigenvalue weighted by Crippen LogP contribution is -2.47. The molecule has 2 N–H and O–H groups in total. The van der Waals surface area contributed by atoms with Crippen LogP contribution in [-0.4, -0.2) is 50.0 Å². The lowest BCUT2D eigenvalue weighted by atomic mass is 9.78. The van der Waals surface area contributed by atoms with Crippen molar-refractivity contribution in [2.75, 3.05) is 27.2 Å². The van der Waals surface area contributed by atoms with Gasteiger partial charge in [0.1, 0.15) is 6.54 Å². The van der Waals surface area contributed by atoms with Gasteiger partial charge in [-0.2, -0.15) is 0 Å². The van der Waals surface area contributed by atoms with E-state index in [-0.39, 0.29) is 41.8 Å². The summed E-state index contributed by atoms with van der Waals surface area (Å²) in [5, 5.41) is 6.86. The minimum absolute atomic E-state index is 0. The number of hydrogen-bond donors (Lipinski definition) is 2. The highest BCUT2D eigenvalue weighted by Crippen LogP contribution is 2.38. The molecule has 0 radical (unpaired) electrons. The quantitative estimate of drug-likeness (QED) is 0.354. The molecule has 1 atom stereocenters. The minimum atomic E-state index is 0. The van der Waals surface area contributed by atoms with E-state index in [1.165, 1.54) is 25.7 Å². The van der Waals surface area contributed by atoms with E-state index in [0.717, 1.165) is 24.8 Å². The smallest absolute Gasteiger partial charge is 0.243 e. The SMILES string of the molecule is CCC(C)NC(=NCC(=O)N(C)C)NCC(C)(C)C1CCCC1.I. The molecule has 1 saturated carbocycles. The number of halogens is 1. The monoisotopic (exact) mass is 452 g/mol. The van der Waals surface area contributed by atoms with Gasteiger partial charge in [-0.1, -0.05) is 33.6 Å². The van der Waals surface area contributed by atoms with Crippen LogP contribution in [0.5, 0.6) is 0 Å². The molecule has 1 aliphatic rings. The molecule has 142 valence electrons. The molecule has 0 spiro atoms. The van der Waals surface area contributed by atoms with Gasteiger partial charge in [-0.25, -0.2) is 4.99 Å². The topological polar surface area (TPSA) is 56.7 Å². The minimum Gasteiger partial charge on any atom is -0.356 e. The molecule has 0 aliphatic heterocycles. The maximum atomic E-state index is 11.8. The Balaban J connectivity index is 0.00000529. The first kappa shape index (κ1) is 23.5. The van der Waals surface area contributed by atoms with Crippen LogP contribution in [0.3, 0.4) is 0 Å². The summed E-state index contributed by atoms with van der Waals surface area (Å²) in [6, 6.07) is 0.338. The van der Waals surface area contributed by atoms with Crippen molar-refractivity contribution in [3.63, 3.8) is 0 Å². The molecule has 0 bridgehead atoms. The van der Waals surface area contributed by atoms with E-state index in [9.17, 15) is 4.79 Å². The van der Waals surface area contributed by atoms with E-state index < -0.39 is 0 Å². The van der Waals surface area contributed by atoms with Gasteiger partial charge >= 0.3 is 0 Å². The second-order valence-electron chi connectivity index (χ2n) is 7.73. The molecule has 1 amide bonds. The van der Waals surface area contributed by atoms with Gasteiger partial charge in [0.2, 0.25) is 5.91 Å². The number of nitrogens with zero attached hydrogens (tertiary/aromatic N) is 2. The second-order valence-corrected chi connectivity index (χ2v) is 7.73. The third-order valence-electron chi connectivity index (χ3n) is 5.04. The van der Waals surface area contributed by atoms with Crippen LogP contribution >= 0.6 is 24.0 Å². The van der Waals surface area contributed by atoms with Crippen molar-refractivity contribution >= 4 is 35.8 Å². The third-order valence-corrected chi connectivity index (χ3v) is 5.04. The number of guanidine groups is 1. The van der Waals surface area contributed by atoms with E-state index >= 15 is 0 Å². The molecule has 1 unspecified atom stereocenters. The van der Waals surface area contributed by atoms with Crippen molar-refractivity contribution in [3.8, 4) is 0 Å². The average molecular weight is 452 g/mol. The number of aliphatic imine (C=N–C) groups is 1. The molecule has 5 nitrogen and oxygen atoms in total. The molecular weight excluding hydrogens is 415 g/mol. The molecular formula is C18H37IN4O. The Morgan fingerprint density at radius 2 is 1.88 bits per heavy atom. The predicted octanol–water partition coefficient (Wildman–Crippen LogP) is 3.24. The molecule has 6 heteroatoms. The van der Waals surface area contributed by atoms with Crippen molar-refractivity contribution in [2.24, 2.45) is 16.3 Å². The van der Waals surface area contributed by atoms with Crippen LogP contribution in [0.4, 0.5) is 0 Å². The van der Waals surface area contributed by atoms with Crippen LogP contribution in [-0.2, 0) is 4.79 Å². The number of amides is 1. The largest absolute Gasteiger partial charge is 0.356 e. The molecule has 0 saturated heterocycles. The third kappa shape index (κ3) is 8.03. The summed E-state index contributed by atoms with van der Waals surface area (Å²) < 4.78 is 0. The first-order valence-electron chi connectivity index (χ1n) is 9.01. The Morgan fingerprint density at radius 1 is 1.29 bits per heavy atom. The molecule has 1 rings (SSSR count). The van der Waals surface area contributed by atoms with Crippen LogP contribution in [0.2, 0.25) is 0 Å². The summed E-state index contributed by atoms with van der Waals surface area (Å²) in [5.41, 5.74) is 0.250. The van der Waals surface area contributed by atoms with Crippen LogP contribution in [0.25, 0.3) is 0 Å². The summed E-state index contributed by atoms with van der Waals surface area (Å²) in [7, 11) is 3.52. The summed E-state index contributed by atoms with van der Waals surface area (Å²) in [6.45, 7) is 10.0. The fourth-order valence-corrected chi connectivity index (χ4v) is 2.94. The standard InChI is InChI=1S/C18H36N4O.HI/c1-7-14(2)21-17(19-12-16(23)22(5)6)20-13-18(3,4)15-10-8-9-11-15;/h14-15H,7-13H2,1-6H3,(H2,19,20,21);1H. The van der Waals surface area contributed by atoms with E-state index in [4.69, 9.17) is 0 Å². The number of nitrogens with one attached hydrogen (secondary N) is 2. The van der Waals surface area contributed by atoms with Gasteiger partial charge in [0.25, 0.3) is 0 Å². The van der Waals surface area contributed by atoms with Crippen LogP contribution in [0, 0.1) is 11.3 Å². The molecule has 1 aliphatic carbocycles. The molecule has 1 fully saturated rings. The van der Waals surface area contributed by atoms with Gasteiger partial charge in [0, 0.05) is 26.7 Å². The molecule has 0 aromatic rings. The van der Waals surface area contributed by atoms with Gasteiger partial charge < -0.3 is 15.5 Å². The number of hydrogen-bond acceptors (Lipinski definition) is 2. The maximum Gasteiger partial charge on any atom is 0.243 e. The van der Waals surface area contributed by atoms with Crippen molar-refractivity contribution in [1.29, 1.82) is 0 Å². The highest BCUT2D eigenvalue weighted by molar-refractivity contribution is 14.0.